The summed E-state index contributed by atoms with van der Waals surface area (Å²) < 4.78 is 36.6. The van der Waals surface area contributed by atoms with Crippen LogP contribution in [-0.4, -0.2) is 58.4 Å². The minimum atomic E-state index is -3.63. The normalized spacial score (nSPS) is 14.0. The van der Waals surface area contributed by atoms with Gasteiger partial charge in [-0.05, 0) is 42.3 Å². The van der Waals surface area contributed by atoms with Crippen LogP contribution in [0.1, 0.15) is 21.5 Å². The summed E-state index contributed by atoms with van der Waals surface area (Å²) in [5.41, 5.74) is 2.65. The molecule has 1 amide bonds. The van der Waals surface area contributed by atoms with Gasteiger partial charge in [-0.3, -0.25) is 4.79 Å². The third kappa shape index (κ3) is 3.73. The molecule has 0 atom stereocenters. The van der Waals surface area contributed by atoms with Crippen molar-refractivity contribution >= 4 is 21.6 Å². The molecule has 0 aliphatic carbocycles. The number of hydrogen-bond acceptors (Lipinski definition) is 5. The average Bonchev–Trinajstić information content (AvgIpc) is 2.72. The topological polar surface area (TPSA) is 76.1 Å². The lowest BCUT2D eigenvalue weighted by Gasteiger charge is -2.31. The minimum absolute atomic E-state index is 0.0720. The molecule has 1 heterocycles. The second kappa shape index (κ2) is 7.88. The number of hydrogen-bond donors (Lipinski definition) is 0. The number of carbonyl (C=O) groups excluding carboxylic acids is 1. The van der Waals surface area contributed by atoms with Crippen LogP contribution in [0.2, 0.25) is 0 Å². The van der Waals surface area contributed by atoms with Crippen LogP contribution in [0.15, 0.2) is 47.9 Å². The Morgan fingerprint density at radius 1 is 1.10 bits per heavy atom. The number of sulfonamides is 1. The molecule has 7 nitrogen and oxygen atoms in total. The number of methoxy groups -OCH3 is 2. The van der Waals surface area contributed by atoms with E-state index in [1.54, 1.807) is 31.3 Å². The van der Waals surface area contributed by atoms with Crippen molar-refractivity contribution in [3.63, 3.8) is 0 Å². The number of ether oxygens (including phenoxy) is 2. The molecule has 0 N–H and O–H groups in total. The van der Waals surface area contributed by atoms with Crippen molar-refractivity contribution in [2.45, 2.75) is 11.3 Å². The van der Waals surface area contributed by atoms with Gasteiger partial charge in [0.05, 0.1) is 19.1 Å². The molecule has 0 fully saturated rings. The van der Waals surface area contributed by atoms with E-state index in [4.69, 9.17) is 9.47 Å². The molecule has 2 aromatic rings. The van der Waals surface area contributed by atoms with E-state index in [1.165, 1.54) is 26.2 Å². The molecule has 3 rings (SSSR count). The zero-order valence-corrected chi connectivity index (χ0v) is 17.7. The maximum absolute atomic E-state index is 13.1. The fourth-order valence-electron chi connectivity index (χ4n) is 3.29. The molecule has 0 aromatic heterocycles. The van der Waals surface area contributed by atoms with Gasteiger partial charge >= 0.3 is 0 Å². The van der Waals surface area contributed by atoms with Gasteiger partial charge in [-0.2, -0.15) is 0 Å². The highest BCUT2D eigenvalue weighted by atomic mass is 32.2. The molecule has 0 saturated carbocycles. The van der Waals surface area contributed by atoms with Crippen LogP contribution < -0.4 is 9.47 Å². The van der Waals surface area contributed by atoms with Crippen LogP contribution in [-0.2, 0) is 16.4 Å². The fourth-order valence-corrected chi connectivity index (χ4v) is 4.24. The number of benzene rings is 2. The predicted molar refractivity (Wildman–Crippen MR) is 111 cm³/mol. The van der Waals surface area contributed by atoms with Crippen LogP contribution >= 0.6 is 0 Å². The number of carbonyl (C=O) groups is 1. The van der Waals surface area contributed by atoms with E-state index in [9.17, 15) is 13.2 Å². The van der Waals surface area contributed by atoms with Gasteiger partial charge in [-0.15, -0.1) is 0 Å². The molecular formula is C21H24N2O5S. The molecular weight excluding hydrogens is 392 g/mol. The van der Waals surface area contributed by atoms with E-state index >= 15 is 0 Å². The molecule has 154 valence electrons. The summed E-state index contributed by atoms with van der Waals surface area (Å²) in [6.07, 6.45) is 0.621. The maximum Gasteiger partial charge on any atom is 0.258 e. The minimum Gasteiger partial charge on any atom is -0.493 e. The van der Waals surface area contributed by atoms with Crippen LogP contribution in [0.3, 0.4) is 0 Å². The van der Waals surface area contributed by atoms with Crippen LogP contribution in [0.25, 0.3) is 5.70 Å². The largest absolute Gasteiger partial charge is 0.493 e. The highest BCUT2D eigenvalue weighted by Crippen LogP contribution is 2.37. The van der Waals surface area contributed by atoms with Gasteiger partial charge in [0.2, 0.25) is 10.0 Å². The van der Waals surface area contributed by atoms with Gasteiger partial charge in [-0.25, -0.2) is 12.7 Å². The van der Waals surface area contributed by atoms with Gasteiger partial charge in [0.25, 0.3) is 5.91 Å². The molecule has 0 spiro atoms. The van der Waals surface area contributed by atoms with Gasteiger partial charge in [0, 0.05) is 37.5 Å². The lowest BCUT2D eigenvalue weighted by molar-refractivity contribution is 0.0833. The van der Waals surface area contributed by atoms with Gasteiger partial charge in [-0.1, -0.05) is 12.6 Å². The Kier molecular flexibility index (Phi) is 5.68. The van der Waals surface area contributed by atoms with Gasteiger partial charge in [0.15, 0.2) is 11.5 Å². The average molecular weight is 416 g/mol. The van der Waals surface area contributed by atoms with Gasteiger partial charge < -0.3 is 14.4 Å². The number of nitrogens with zero attached hydrogens (tertiary/aromatic N) is 2. The van der Waals surface area contributed by atoms with E-state index in [1.807, 2.05) is 12.1 Å². The van der Waals surface area contributed by atoms with E-state index in [-0.39, 0.29) is 16.4 Å². The first kappa shape index (κ1) is 20.9. The molecule has 2 aromatic carbocycles. The highest BCUT2D eigenvalue weighted by Gasteiger charge is 2.28. The van der Waals surface area contributed by atoms with Crippen molar-refractivity contribution in [1.82, 2.24) is 9.21 Å². The smallest absolute Gasteiger partial charge is 0.258 e. The first-order valence-electron chi connectivity index (χ1n) is 8.99. The Bertz CT molecular complexity index is 1080. The molecule has 1 aliphatic rings. The molecule has 8 heteroatoms. The van der Waals surface area contributed by atoms with Crippen molar-refractivity contribution in [2.24, 2.45) is 0 Å². The fraction of sp³-hybridized carbons (Fsp3) is 0.286. The summed E-state index contributed by atoms with van der Waals surface area (Å²) in [4.78, 5) is 14.8. The second-order valence-corrected chi connectivity index (χ2v) is 8.98. The Labute approximate surface area is 171 Å². The van der Waals surface area contributed by atoms with Crippen LogP contribution in [0, 0.1) is 0 Å². The number of rotatable bonds is 5. The predicted octanol–water partition coefficient (Wildman–Crippen LogP) is 2.62. The Hall–Kier alpha value is -2.84. The summed E-state index contributed by atoms with van der Waals surface area (Å²) in [6.45, 7) is 4.53. The SMILES string of the molecule is C=C1c2cc(OC)c(OC)cc2CCN1C(=O)c1cccc(S(=O)(=O)N(C)C)c1. The van der Waals surface area contributed by atoms with Crippen LogP contribution in [0.5, 0.6) is 11.5 Å². The first-order chi connectivity index (χ1) is 13.7. The van der Waals surface area contributed by atoms with Crippen molar-refractivity contribution in [1.29, 1.82) is 0 Å². The zero-order chi connectivity index (χ0) is 21.3. The van der Waals surface area contributed by atoms with E-state index in [2.05, 4.69) is 6.58 Å². The third-order valence-electron chi connectivity index (χ3n) is 4.96. The van der Waals surface area contributed by atoms with Crippen molar-refractivity contribution < 1.29 is 22.7 Å². The molecule has 0 unspecified atom stereocenters. The second-order valence-electron chi connectivity index (χ2n) is 6.83. The molecule has 0 saturated heterocycles. The summed E-state index contributed by atoms with van der Waals surface area (Å²) >= 11 is 0. The number of amides is 1. The number of fused-ring (bicyclic) bond motifs is 1. The Morgan fingerprint density at radius 2 is 1.76 bits per heavy atom. The lowest BCUT2D eigenvalue weighted by atomic mass is 9.95. The van der Waals surface area contributed by atoms with Gasteiger partial charge in [0.1, 0.15) is 0 Å². The quantitative estimate of drug-likeness (QED) is 0.749. The van der Waals surface area contributed by atoms with Crippen molar-refractivity contribution in [3.8, 4) is 11.5 Å². The monoisotopic (exact) mass is 416 g/mol. The molecule has 29 heavy (non-hydrogen) atoms. The Morgan fingerprint density at radius 3 is 2.38 bits per heavy atom. The van der Waals surface area contributed by atoms with Crippen molar-refractivity contribution in [3.05, 3.63) is 59.7 Å². The summed E-state index contributed by atoms with van der Waals surface area (Å²) in [6, 6.07) is 9.75. The van der Waals surface area contributed by atoms with E-state index in [0.717, 1.165) is 15.4 Å². The van der Waals surface area contributed by atoms with Crippen molar-refractivity contribution in [2.75, 3.05) is 34.9 Å². The maximum atomic E-state index is 13.1. The molecule has 1 aliphatic heterocycles. The molecule has 0 radical (unpaired) electrons. The summed E-state index contributed by atoms with van der Waals surface area (Å²) in [7, 11) is 2.40. The van der Waals surface area contributed by atoms with E-state index < -0.39 is 10.0 Å². The third-order valence-corrected chi connectivity index (χ3v) is 6.77. The summed E-state index contributed by atoms with van der Waals surface area (Å²) in [5, 5.41) is 0. The lowest BCUT2D eigenvalue weighted by Crippen LogP contribution is -2.34. The van der Waals surface area contributed by atoms with E-state index in [0.29, 0.717) is 30.2 Å². The highest BCUT2D eigenvalue weighted by molar-refractivity contribution is 7.89. The standard InChI is InChI=1S/C21H24N2O5S/c1-14-18-13-20(28-5)19(27-4)12-15(18)9-10-23(14)21(24)16-7-6-8-17(11-16)29(25,26)22(2)3/h6-8,11-13H,1,9-10H2,2-5H3. The summed E-state index contributed by atoms with van der Waals surface area (Å²) in [5.74, 6) is 0.882. The first-order valence-corrected chi connectivity index (χ1v) is 10.4. The Balaban J connectivity index is 1.95. The van der Waals surface area contributed by atoms with Crippen LogP contribution in [0.4, 0.5) is 0 Å². The zero-order valence-electron chi connectivity index (χ0n) is 16.9. The molecule has 0 bridgehead atoms.